The van der Waals surface area contributed by atoms with E-state index in [-0.39, 0.29) is 12.3 Å². The Bertz CT molecular complexity index is 480. The van der Waals surface area contributed by atoms with Crippen molar-refractivity contribution in [3.8, 4) is 0 Å². The molecule has 0 aromatic heterocycles. The molecular formula is C16H24N2O3. The van der Waals surface area contributed by atoms with Crippen molar-refractivity contribution in [3.05, 3.63) is 35.9 Å². The number of ether oxygens (including phenoxy) is 1. The van der Waals surface area contributed by atoms with Crippen LogP contribution in [0.4, 0.5) is 0 Å². The van der Waals surface area contributed by atoms with Crippen molar-refractivity contribution < 1.29 is 14.3 Å². The zero-order valence-electron chi connectivity index (χ0n) is 13.1. The lowest BCUT2D eigenvalue weighted by Crippen LogP contribution is -2.43. The molecule has 0 fully saturated rings. The molecule has 1 aromatic carbocycles. The van der Waals surface area contributed by atoms with Gasteiger partial charge in [0.05, 0.1) is 12.5 Å². The number of amides is 1. The fourth-order valence-corrected chi connectivity index (χ4v) is 1.87. The van der Waals surface area contributed by atoms with Crippen LogP contribution in [0.3, 0.4) is 0 Å². The molecule has 2 N–H and O–H groups in total. The number of hydrogen-bond donors (Lipinski definition) is 1. The molecule has 0 bridgehead atoms. The van der Waals surface area contributed by atoms with Crippen LogP contribution in [0, 0.1) is 0 Å². The third-order valence-electron chi connectivity index (χ3n) is 2.76. The molecule has 0 aliphatic rings. The van der Waals surface area contributed by atoms with Crippen LogP contribution < -0.4 is 5.73 Å². The van der Waals surface area contributed by atoms with Crippen molar-refractivity contribution in [1.29, 1.82) is 0 Å². The van der Waals surface area contributed by atoms with Gasteiger partial charge in [0.25, 0.3) is 0 Å². The Labute approximate surface area is 126 Å². The Hall–Kier alpha value is -1.88. The van der Waals surface area contributed by atoms with Gasteiger partial charge in [-0.3, -0.25) is 9.59 Å². The van der Waals surface area contributed by atoms with Gasteiger partial charge >= 0.3 is 5.97 Å². The first-order valence-electron chi connectivity index (χ1n) is 6.95. The van der Waals surface area contributed by atoms with E-state index in [1.54, 1.807) is 27.8 Å². The summed E-state index contributed by atoms with van der Waals surface area (Å²) in [5.41, 5.74) is 6.24. The van der Waals surface area contributed by atoms with Gasteiger partial charge in [-0.15, -0.1) is 0 Å². The average Bonchev–Trinajstić information content (AvgIpc) is 2.36. The maximum atomic E-state index is 12.1. The number of carbonyl (C=O) groups is 2. The number of nitrogens with zero attached hydrogens (tertiary/aromatic N) is 1. The lowest BCUT2D eigenvalue weighted by molar-refractivity contribution is -0.156. The van der Waals surface area contributed by atoms with Gasteiger partial charge in [0, 0.05) is 13.6 Å². The molecule has 0 saturated carbocycles. The Morgan fingerprint density at radius 2 is 1.81 bits per heavy atom. The second-order valence-electron chi connectivity index (χ2n) is 6.08. The first-order valence-corrected chi connectivity index (χ1v) is 6.95. The van der Waals surface area contributed by atoms with E-state index in [4.69, 9.17) is 10.5 Å². The van der Waals surface area contributed by atoms with E-state index in [9.17, 15) is 9.59 Å². The summed E-state index contributed by atoms with van der Waals surface area (Å²) in [6.45, 7) is 5.79. The summed E-state index contributed by atoms with van der Waals surface area (Å²) >= 11 is 0. The van der Waals surface area contributed by atoms with Crippen LogP contribution in [-0.2, 0) is 20.9 Å². The maximum absolute atomic E-state index is 12.1. The van der Waals surface area contributed by atoms with Crippen LogP contribution in [0.2, 0.25) is 0 Å². The fraction of sp³-hybridized carbons (Fsp3) is 0.500. The van der Waals surface area contributed by atoms with Crippen LogP contribution in [0.1, 0.15) is 32.8 Å². The summed E-state index contributed by atoms with van der Waals surface area (Å²) in [6, 6.07) is 8.72. The highest BCUT2D eigenvalue weighted by Gasteiger charge is 2.24. The lowest BCUT2D eigenvalue weighted by Gasteiger charge is -2.23. The number of esters is 1. The smallest absolute Gasteiger partial charge is 0.308 e. The van der Waals surface area contributed by atoms with Crippen LogP contribution >= 0.6 is 0 Å². The van der Waals surface area contributed by atoms with Crippen LogP contribution in [0.15, 0.2) is 30.3 Å². The van der Waals surface area contributed by atoms with E-state index in [1.165, 1.54) is 4.90 Å². The van der Waals surface area contributed by atoms with Crippen molar-refractivity contribution in [1.82, 2.24) is 4.90 Å². The molecule has 1 aromatic rings. The van der Waals surface area contributed by atoms with Crippen LogP contribution in [0.5, 0.6) is 0 Å². The summed E-state index contributed by atoms with van der Waals surface area (Å²) in [6.07, 6.45) is -0.116. The number of likely N-dealkylation sites (N-methyl/N-ethyl adjacent to an activating group) is 1. The summed E-state index contributed by atoms with van der Waals surface area (Å²) in [7, 11) is 1.67. The minimum absolute atomic E-state index is 0.116. The number of nitrogens with two attached hydrogens (primary N) is 1. The van der Waals surface area contributed by atoms with E-state index in [1.807, 2.05) is 30.3 Å². The predicted molar refractivity (Wildman–Crippen MR) is 81.4 cm³/mol. The molecule has 0 unspecified atom stereocenters. The third kappa shape index (κ3) is 6.40. The van der Waals surface area contributed by atoms with Crippen molar-refractivity contribution in [2.24, 2.45) is 5.73 Å². The molecule has 0 heterocycles. The zero-order valence-corrected chi connectivity index (χ0v) is 13.1. The van der Waals surface area contributed by atoms with Gasteiger partial charge in [-0.2, -0.15) is 0 Å². The van der Waals surface area contributed by atoms with Gasteiger partial charge in [-0.05, 0) is 26.3 Å². The van der Waals surface area contributed by atoms with Gasteiger partial charge in [0.2, 0.25) is 5.91 Å². The normalized spacial score (nSPS) is 12.6. The number of carbonyl (C=O) groups excluding carboxylic acids is 2. The summed E-state index contributed by atoms with van der Waals surface area (Å²) < 4.78 is 5.17. The number of hydrogen-bond acceptors (Lipinski definition) is 4. The standard InChI is InChI=1S/C16H24N2O3/c1-16(2,3)21-14(19)10-13(17)15(20)18(4)11-12-8-6-5-7-9-12/h5-9,13H,10-11,17H2,1-4H3/t13-/m0/s1. The van der Waals surface area contributed by atoms with E-state index >= 15 is 0 Å². The molecule has 5 heteroatoms. The average molecular weight is 292 g/mol. The fourth-order valence-electron chi connectivity index (χ4n) is 1.87. The van der Waals surface area contributed by atoms with Crippen LogP contribution in [-0.4, -0.2) is 35.5 Å². The van der Waals surface area contributed by atoms with Crippen molar-refractivity contribution in [2.75, 3.05) is 7.05 Å². The lowest BCUT2D eigenvalue weighted by atomic mass is 10.1. The largest absolute Gasteiger partial charge is 0.460 e. The van der Waals surface area contributed by atoms with Crippen molar-refractivity contribution in [2.45, 2.75) is 45.4 Å². The molecular weight excluding hydrogens is 268 g/mol. The molecule has 116 valence electrons. The van der Waals surface area contributed by atoms with E-state index < -0.39 is 17.6 Å². The number of benzene rings is 1. The van der Waals surface area contributed by atoms with E-state index in [2.05, 4.69) is 0 Å². The van der Waals surface area contributed by atoms with Gasteiger partial charge in [0.15, 0.2) is 0 Å². The molecule has 0 radical (unpaired) electrons. The molecule has 1 amide bonds. The maximum Gasteiger partial charge on any atom is 0.308 e. The molecule has 21 heavy (non-hydrogen) atoms. The van der Waals surface area contributed by atoms with Gasteiger partial charge in [0.1, 0.15) is 5.60 Å². The third-order valence-corrected chi connectivity index (χ3v) is 2.76. The molecule has 0 aliphatic heterocycles. The van der Waals surface area contributed by atoms with Gasteiger partial charge in [-0.25, -0.2) is 0 Å². The Morgan fingerprint density at radius 1 is 1.24 bits per heavy atom. The molecule has 5 nitrogen and oxygen atoms in total. The molecule has 1 atom stereocenters. The molecule has 0 saturated heterocycles. The summed E-state index contributed by atoms with van der Waals surface area (Å²) in [5.74, 6) is -0.735. The predicted octanol–water partition coefficient (Wildman–Crippen LogP) is 1.70. The van der Waals surface area contributed by atoms with Crippen molar-refractivity contribution in [3.63, 3.8) is 0 Å². The summed E-state index contributed by atoms with van der Waals surface area (Å²) in [4.78, 5) is 25.3. The minimum atomic E-state index is -0.881. The monoisotopic (exact) mass is 292 g/mol. The van der Waals surface area contributed by atoms with Crippen molar-refractivity contribution >= 4 is 11.9 Å². The number of rotatable bonds is 5. The highest BCUT2D eigenvalue weighted by atomic mass is 16.6. The first kappa shape index (κ1) is 17.2. The highest BCUT2D eigenvalue weighted by molar-refractivity contribution is 5.86. The molecule has 0 aliphatic carbocycles. The van der Waals surface area contributed by atoms with E-state index in [0.717, 1.165) is 5.56 Å². The van der Waals surface area contributed by atoms with Crippen LogP contribution in [0.25, 0.3) is 0 Å². The molecule has 0 spiro atoms. The second kappa shape index (κ2) is 7.22. The van der Waals surface area contributed by atoms with Gasteiger partial charge < -0.3 is 15.4 Å². The Morgan fingerprint density at radius 3 is 2.33 bits per heavy atom. The Balaban J connectivity index is 2.52. The quantitative estimate of drug-likeness (QED) is 0.838. The first-order chi connectivity index (χ1) is 9.69. The molecule has 1 rings (SSSR count). The highest BCUT2D eigenvalue weighted by Crippen LogP contribution is 2.10. The minimum Gasteiger partial charge on any atom is -0.460 e. The second-order valence-corrected chi connectivity index (χ2v) is 6.08. The summed E-state index contributed by atoms with van der Waals surface area (Å²) in [5, 5.41) is 0. The van der Waals surface area contributed by atoms with Gasteiger partial charge in [-0.1, -0.05) is 30.3 Å². The SMILES string of the molecule is CN(Cc1ccccc1)C(=O)[C@@H](N)CC(=O)OC(C)(C)C. The zero-order chi connectivity index (χ0) is 16.0. The Kier molecular flexibility index (Phi) is 5.90. The topological polar surface area (TPSA) is 72.6 Å². The van der Waals surface area contributed by atoms with E-state index in [0.29, 0.717) is 6.54 Å².